The van der Waals surface area contributed by atoms with Gasteiger partial charge in [-0.15, -0.1) is 12.4 Å². The summed E-state index contributed by atoms with van der Waals surface area (Å²) in [7, 11) is 0. The van der Waals surface area contributed by atoms with E-state index in [1.165, 1.54) is 35.2 Å². The number of halogens is 1. The molecule has 0 amide bonds. The molecule has 0 fully saturated rings. The maximum absolute atomic E-state index is 7.05. The molecule has 150 valence electrons. The van der Waals surface area contributed by atoms with Crippen molar-refractivity contribution in [1.29, 1.82) is 0 Å². The Morgan fingerprint density at radius 3 is 1.36 bits per heavy atom. The molecule has 1 nitrogen and oxygen atoms in total. The average Bonchev–Trinajstić information content (AvgIpc) is 2.75. The van der Waals surface area contributed by atoms with Crippen molar-refractivity contribution in [3.63, 3.8) is 0 Å². The largest absolute Gasteiger partial charge is 0.147 e. The fraction of sp³-hybridized carbons (Fsp3) is 0.280. The zero-order valence-corrected chi connectivity index (χ0v) is 18.7. The molecule has 28 heavy (non-hydrogen) atoms. The Morgan fingerprint density at radius 1 is 0.607 bits per heavy atom. The normalized spacial score (nSPS) is 12.6. The molecule has 0 aliphatic rings. The molecular formula is C25H32ClOP. The number of benzene rings is 3. The van der Waals surface area contributed by atoms with Crippen LogP contribution in [0.15, 0.2) is 91.0 Å². The van der Waals surface area contributed by atoms with Crippen LogP contribution in [0.1, 0.15) is 32.6 Å². The molecule has 0 N–H and O–H groups in total. The Labute approximate surface area is 176 Å². The molecule has 0 bridgehead atoms. The molecule has 3 aromatic carbocycles. The minimum Gasteiger partial charge on any atom is -0.147 e. The summed E-state index contributed by atoms with van der Waals surface area (Å²) in [5, 5.41) is 3.86. The molecule has 0 aliphatic carbocycles. The average molecular weight is 415 g/mol. The van der Waals surface area contributed by atoms with E-state index in [1.807, 2.05) is 0 Å². The van der Waals surface area contributed by atoms with Gasteiger partial charge in [0.05, 0.1) is 0 Å². The van der Waals surface area contributed by atoms with Crippen LogP contribution in [0, 0.1) is 0 Å². The van der Waals surface area contributed by atoms with Gasteiger partial charge in [-0.2, -0.15) is 0 Å². The second kappa shape index (κ2) is 10.2. The van der Waals surface area contributed by atoms with E-state index in [4.69, 9.17) is 4.52 Å². The first kappa shape index (κ1) is 22.6. The number of hydrogen-bond donors (Lipinski definition) is 0. The van der Waals surface area contributed by atoms with Crippen LogP contribution in [0.3, 0.4) is 0 Å². The molecule has 0 radical (unpaired) electrons. The maximum atomic E-state index is 7.05. The quantitative estimate of drug-likeness (QED) is 0.304. The Balaban J connectivity index is 0.00000280. The summed E-state index contributed by atoms with van der Waals surface area (Å²) < 4.78 is 7.05. The van der Waals surface area contributed by atoms with Gasteiger partial charge in [0, 0.05) is 0 Å². The number of unbranched alkanes of at least 4 members (excludes halogenated alkanes) is 3. The van der Waals surface area contributed by atoms with Crippen molar-refractivity contribution in [2.24, 2.45) is 0 Å². The smallest absolute Gasteiger partial charge is 0.147 e. The summed E-state index contributed by atoms with van der Waals surface area (Å²) in [6.07, 6.45) is 4.84. The molecule has 3 aromatic rings. The summed E-state index contributed by atoms with van der Waals surface area (Å²) in [4.78, 5) is 0. The molecule has 0 saturated heterocycles. The zero-order valence-electron chi connectivity index (χ0n) is 17.0. The summed E-state index contributed by atoms with van der Waals surface area (Å²) in [6, 6.07) is 32.5. The monoisotopic (exact) mass is 414 g/mol. The van der Waals surface area contributed by atoms with Crippen molar-refractivity contribution in [1.82, 2.24) is 0 Å². The Morgan fingerprint density at radius 2 is 1.00 bits per heavy atom. The summed E-state index contributed by atoms with van der Waals surface area (Å²) >= 11 is 0. The van der Waals surface area contributed by atoms with E-state index in [0.717, 1.165) is 13.0 Å². The van der Waals surface area contributed by atoms with Gasteiger partial charge in [0.25, 0.3) is 0 Å². The van der Waals surface area contributed by atoms with Crippen molar-refractivity contribution in [2.45, 2.75) is 32.6 Å². The minimum absolute atomic E-state index is 0. The first-order valence-corrected chi connectivity index (χ1v) is 12.6. The first-order chi connectivity index (χ1) is 13.2. The third kappa shape index (κ3) is 4.33. The SMILES string of the molecule is CCCCCCOP(C)(c1ccccc1)(c1ccccc1)c1ccccc1.Cl. The van der Waals surface area contributed by atoms with E-state index in [1.54, 1.807) is 0 Å². The molecule has 3 heteroatoms. The second-order valence-electron chi connectivity index (χ2n) is 7.36. The van der Waals surface area contributed by atoms with Crippen molar-refractivity contribution >= 4 is 35.2 Å². The minimum atomic E-state index is -2.99. The van der Waals surface area contributed by atoms with Crippen molar-refractivity contribution in [3.8, 4) is 0 Å². The third-order valence-corrected chi connectivity index (χ3v) is 11.0. The van der Waals surface area contributed by atoms with Gasteiger partial charge in [-0.3, -0.25) is 0 Å². The molecule has 0 spiro atoms. The molecule has 0 unspecified atom stereocenters. The van der Waals surface area contributed by atoms with E-state index in [2.05, 4.69) is 105 Å². The standard InChI is InChI=1S/C25H31OP.ClH/c1-3-4-5-15-22-26-27(2,23-16-9-6-10-17-23,24-18-11-7-12-19-24)25-20-13-8-14-21-25;/h6-14,16-21H,3-5,15,22H2,1-2H3;1H. The zero-order chi connectivity index (χ0) is 19.0. The number of rotatable bonds is 9. The molecule has 0 aliphatic heterocycles. The number of hydrogen-bond acceptors (Lipinski definition) is 1. The molecule has 0 atom stereocenters. The second-order valence-corrected chi connectivity index (χ2v) is 12.1. The van der Waals surface area contributed by atoms with Crippen molar-refractivity contribution in [2.75, 3.05) is 13.3 Å². The third-order valence-electron chi connectivity index (χ3n) is 5.55. The van der Waals surface area contributed by atoms with Gasteiger partial charge >= 0.3 is 164 Å². The van der Waals surface area contributed by atoms with E-state index >= 15 is 0 Å². The molecule has 0 aromatic heterocycles. The Hall–Kier alpha value is -1.66. The van der Waals surface area contributed by atoms with Crippen LogP contribution < -0.4 is 15.9 Å². The van der Waals surface area contributed by atoms with E-state index in [0.29, 0.717) is 0 Å². The fourth-order valence-corrected chi connectivity index (χ4v) is 8.45. The van der Waals surface area contributed by atoms with Gasteiger partial charge in [0.15, 0.2) is 0 Å². The van der Waals surface area contributed by atoms with Crippen LogP contribution in [-0.2, 0) is 4.52 Å². The van der Waals surface area contributed by atoms with E-state index in [-0.39, 0.29) is 12.4 Å². The van der Waals surface area contributed by atoms with Crippen LogP contribution >= 0.6 is 19.2 Å². The van der Waals surface area contributed by atoms with Crippen molar-refractivity contribution in [3.05, 3.63) is 91.0 Å². The van der Waals surface area contributed by atoms with E-state index in [9.17, 15) is 0 Å². The summed E-state index contributed by atoms with van der Waals surface area (Å²) in [5.74, 6) is 0. The summed E-state index contributed by atoms with van der Waals surface area (Å²) in [6.45, 7) is 2.40. The predicted octanol–water partition coefficient (Wildman–Crippen LogP) is 6.08. The topological polar surface area (TPSA) is 9.23 Å². The Bertz CT molecular complexity index is 722. The van der Waals surface area contributed by atoms with Gasteiger partial charge in [0.1, 0.15) is 0 Å². The van der Waals surface area contributed by atoms with Crippen LogP contribution in [0.25, 0.3) is 0 Å². The van der Waals surface area contributed by atoms with Gasteiger partial charge < -0.3 is 0 Å². The van der Waals surface area contributed by atoms with Crippen LogP contribution in [0.4, 0.5) is 0 Å². The van der Waals surface area contributed by atoms with Crippen LogP contribution in [-0.4, -0.2) is 13.3 Å². The first-order valence-electron chi connectivity index (χ1n) is 10.0. The van der Waals surface area contributed by atoms with Crippen LogP contribution in [0.5, 0.6) is 0 Å². The van der Waals surface area contributed by atoms with E-state index < -0.39 is 6.83 Å². The molecule has 3 rings (SSSR count). The molecular weight excluding hydrogens is 383 g/mol. The van der Waals surface area contributed by atoms with Gasteiger partial charge in [-0.05, 0) is 0 Å². The maximum Gasteiger partial charge on any atom is -0.147 e. The van der Waals surface area contributed by atoms with Gasteiger partial charge in [-0.25, -0.2) is 0 Å². The van der Waals surface area contributed by atoms with Gasteiger partial charge in [0.2, 0.25) is 0 Å². The predicted molar refractivity (Wildman–Crippen MR) is 128 cm³/mol. The fourth-order valence-electron chi connectivity index (χ4n) is 3.85. The Kier molecular flexibility index (Phi) is 8.25. The molecule has 0 saturated carbocycles. The van der Waals surface area contributed by atoms with Crippen LogP contribution in [0.2, 0.25) is 0 Å². The van der Waals surface area contributed by atoms with Crippen molar-refractivity contribution < 1.29 is 4.52 Å². The molecule has 0 heterocycles. The summed E-state index contributed by atoms with van der Waals surface area (Å²) in [5.41, 5.74) is 0. The van der Waals surface area contributed by atoms with Gasteiger partial charge in [-0.1, -0.05) is 0 Å².